The minimum absolute atomic E-state index is 0.0238. The van der Waals surface area contributed by atoms with E-state index in [1.807, 2.05) is 13.0 Å². The number of piperidine rings is 1. The molecule has 0 unspecified atom stereocenters. The zero-order valence-corrected chi connectivity index (χ0v) is 11.6. The van der Waals surface area contributed by atoms with Gasteiger partial charge in [-0.3, -0.25) is 0 Å². The van der Waals surface area contributed by atoms with Crippen molar-refractivity contribution in [2.24, 2.45) is 5.92 Å². The molecule has 5 heteroatoms. The second-order valence-corrected chi connectivity index (χ2v) is 6.73. The van der Waals surface area contributed by atoms with Gasteiger partial charge in [-0.15, -0.1) is 0 Å². The molecule has 100 valence electrons. The molecule has 0 bridgehead atoms. The average molecular weight is 268 g/mol. The van der Waals surface area contributed by atoms with Gasteiger partial charge in [0, 0.05) is 12.6 Å². The smallest absolute Gasteiger partial charge is 0.240 e. The third-order valence-corrected chi connectivity index (χ3v) is 4.92. The SMILES string of the molecule is Cc1cccc(S(=O)(=O)N[C@H]2CNCC[C@@H]2C)c1. The first-order valence-corrected chi connectivity index (χ1v) is 7.77. The predicted molar refractivity (Wildman–Crippen MR) is 71.9 cm³/mol. The van der Waals surface area contributed by atoms with Crippen molar-refractivity contribution >= 4 is 10.0 Å². The zero-order chi connectivity index (χ0) is 13.2. The fourth-order valence-corrected chi connectivity index (χ4v) is 3.65. The van der Waals surface area contributed by atoms with Gasteiger partial charge in [-0.1, -0.05) is 19.1 Å². The van der Waals surface area contributed by atoms with Crippen LogP contribution in [0.4, 0.5) is 0 Å². The molecule has 0 amide bonds. The van der Waals surface area contributed by atoms with Crippen LogP contribution in [0.3, 0.4) is 0 Å². The van der Waals surface area contributed by atoms with Gasteiger partial charge in [0.15, 0.2) is 0 Å². The van der Waals surface area contributed by atoms with Gasteiger partial charge in [-0.2, -0.15) is 0 Å². The molecule has 0 spiro atoms. The van der Waals surface area contributed by atoms with Gasteiger partial charge in [0.25, 0.3) is 0 Å². The third kappa shape index (κ3) is 3.10. The largest absolute Gasteiger partial charge is 0.315 e. The minimum Gasteiger partial charge on any atom is -0.315 e. The number of nitrogens with one attached hydrogen (secondary N) is 2. The van der Waals surface area contributed by atoms with Crippen LogP contribution in [0.1, 0.15) is 18.9 Å². The van der Waals surface area contributed by atoms with E-state index in [9.17, 15) is 8.42 Å². The Morgan fingerprint density at radius 2 is 2.17 bits per heavy atom. The standard InChI is InChI=1S/C13H20N2O2S/c1-10-4-3-5-12(8-10)18(16,17)15-13-9-14-7-6-11(13)2/h3-5,8,11,13-15H,6-7,9H2,1-2H3/t11-,13-/m0/s1. The minimum atomic E-state index is -3.41. The Morgan fingerprint density at radius 1 is 1.39 bits per heavy atom. The summed E-state index contributed by atoms with van der Waals surface area (Å²) >= 11 is 0. The van der Waals surface area contributed by atoms with Crippen molar-refractivity contribution in [3.05, 3.63) is 29.8 Å². The van der Waals surface area contributed by atoms with Crippen LogP contribution in [-0.4, -0.2) is 27.5 Å². The topological polar surface area (TPSA) is 58.2 Å². The molecule has 2 atom stereocenters. The summed E-state index contributed by atoms with van der Waals surface area (Å²) in [6, 6.07) is 6.97. The number of aryl methyl sites for hydroxylation is 1. The molecule has 1 fully saturated rings. The summed E-state index contributed by atoms with van der Waals surface area (Å²) in [6.45, 7) is 5.64. The maximum atomic E-state index is 12.3. The molecule has 2 N–H and O–H groups in total. The number of benzene rings is 1. The van der Waals surface area contributed by atoms with E-state index in [1.165, 1.54) is 0 Å². The summed E-state index contributed by atoms with van der Waals surface area (Å²) in [4.78, 5) is 0.347. The van der Waals surface area contributed by atoms with Gasteiger partial charge in [-0.05, 0) is 43.5 Å². The van der Waals surface area contributed by atoms with E-state index in [1.54, 1.807) is 18.2 Å². The first-order valence-electron chi connectivity index (χ1n) is 6.29. The molecule has 0 saturated carbocycles. The molecule has 1 aliphatic rings. The highest BCUT2D eigenvalue weighted by molar-refractivity contribution is 7.89. The Bertz CT molecular complexity index is 513. The molecule has 0 radical (unpaired) electrons. The van der Waals surface area contributed by atoms with Crippen LogP contribution < -0.4 is 10.0 Å². The van der Waals surface area contributed by atoms with Gasteiger partial charge in [0.1, 0.15) is 0 Å². The fraction of sp³-hybridized carbons (Fsp3) is 0.538. The number of sulfonamides is 1. The van der Waals surface area contributed by atoms with Gasteiger partial charge in [-0.25, -0.2) is 13.1 Å². The Labute approximate surface area is 109 Å². The highest BCUT2D eigenvalue weighted by Crippen LogP contribution is 2.16. The van der Waals surface area contributed by atoms with Crippen LogP contribution in [-0.2, 0) is 10.0 Å². The molecule has 1 saturated heterocycles. The Kier molecular flexibility index (Phi) is 4.04. The van der Waals surface area contributed by atoms with Crippen LogP contribution in [0.5, 0.6) is 0 Å². The van der Waals surface area contributed by atoms with Crippen LogP contribution in [0.25, 0.3) is 0 Å². The van der Waals surface area contributed by atoms with Crippen molar-refractivity contribution in [3.63, 3.8) is 0 Å². The van der Waals surface area contributed by atoms with Gasteiger partial charge < -0.3 is 5.32 Å². The second kappa shape index (κ2) is 5.38. The number of hydrogen-bond acceptors (Lipinski definition) is 3. The number of rotatable bonds is 3. The monoisotopic (exact) mass is 268 g/mol. The molecule has 0 aromatic heterocycles. The van der Waals surface area contributed by atoms with Crippen molar-refractivity contribution in [1.82, 2.24) is 10.0 Å². The van der Waals surface area contributed by atoms with Gasteiger partial charge >= 0.3 is 0 Å². The van der Waals surface area contributed by atoms with Crippen molar-refractivity contribution in [1.29, 1.82) is 0 Å². The fourth-order valence-electron chi connectivity index (χ4n) is 2.20. The first kappa shape index (κ1) is 13.5. The molecule has 4 nitrogen and oxygen atoms in total. The quantitative estimate of drug-likeness (QED) is 0.868. The van der Waals surface area contributed by atoms with Crippen LogP contribution in [0.2, 0.25) is 0 Å². The lowest BCUT2D eigenvalue weighted by atomic mass is 9.96. The second-order valence-electron chi connectivity index (χ2n) is 5.01. The molecule has 1 aromatic carbocycles. The maximum Gasteiger partial charge on any atom is 0.240 e. The van der Waals surface area contributed by atoms with E-state index in [4.69, 9.17) is 0 Å². The first-order chi connectivity index (χ1) is 8.49. The lowest BCUT2D eigenvalue weighted by molar-refractivity contribution is 0.327. The summed E-state index contributed by atoms with van der Waals surface area (Å²) in [5.74, 6) is 0.367. The predicted octanol–water partition coefficient (Wildman–Crippen LogP) is 1.27. The van der Waals surface area contributed by atoms with Crippen molar-refractivity contribution in [3.8, 4) is 0 Å². The molecular formula is C13H20N2O2S. The zero-order valence-electron chi connectivity index (χ0n) is 10.8. The molecule has 18 heavy (non-hydrogen) atoms. The lowest BCUT2D eigenvalue weighted by Crippen LogP contribution is -2.50. The van der Waals surface area contributed by atoms with E-state index in [-0.39, 0.29) is 6.04 Å². The summed E-state index contributed by atoms with van der Waals surface area (Å²) in [5.41, 5.74) is 0.952. The van der Waals surface area contributed by atoms with E-state index >= 15 is 0 Å². The molecule has 0 aliphatic carbocycles. The number of hydrogen-bond donors (Lipinski definition) is 2. The van der Waals surface area contributed by atoms with Gasteiger partial charge in [0.05, 0.1) is 4.90 Å². The lowest BCUT2D eigenvalue weighted by Gasteiger charge is -2.30. The van der Waals surface area contributed by atoms with E-state index in [2.05, 4.69) is 17.0 Å². The molecule has 1 aromatic rings. The molecule has 1 heterocycles. The van der Waals surface area contributed by atoms with Crippen LogP contribution >= 0.6 is 0 Å². The Balaban J connectivity index is 2.16. The molecular weight excluding hydrogens is 248 g/mol. The van der Waals surface area contributed by atoms with Crippen LogP contribution in [0, 0.1) is 12.8 Å². The summed E-state index contributed by atoms with van der Waals surface area (Å²) in [7, 11) is -3.41. The van der Waals surface area contributed by atoms with Crippen molar-refractivity contribution in [2.75, 3.05) is 13.1 Å². The van der Waals surface area contributed by atoms with Gasteiger partial charge in [0.2, 0.25) is 10.0 Å². The summed E-state index contributed by atoms with van der Waals surface area (Å²) in [5, 5.41) is 3.22. The van der Waals surface area contributed by atoms with Crippen molar-refractivity contribution < 1.29 is 8.42 Å². The normalized spacial score (nSPS) is 25.0. The highest BCUT2D eigenvalue weighted by Gasteiger charge is 2.26. The van der Waals surface area contributed by atoms with Crippen LogP contribution in [0.15, 0.2) is 29.2 Å². The maximum absolute atomic E-state index is 12.3. The summed E-state index contributed by atoms with van der Waals surface area (Å²) < 4.78 is 27.3. The molecule has 2 rings (SSSR count). The molecule has 1 aliphatic heterocycles. The van der Waals surface area contributed by atoms with E-state index in [0.717, 1.165) is 18.5 Å². The van der Waals surface area contributed by atoms with E-state index in [0.29, 0.717) is 17.4 Å². The Hall–Kier alpha value is -0.910. The average Bonchev–Trinajstić information content (AvgIpc) is 2.32. The third-order valence-electron chi connectivity index (χ3n) is 3.43. The Morgan fingerprint density at radius 3 is 2.83 bits per heavy atom. The van der Waals surface area contributed by atoms with E-state index < -0.39 is 10.0 Å². The van der Waals surface area contributed by atoms with Crippen molar-refractivity contribution in [2.45, 2.75) is 31.2 Å². The summed E-state index contributed by atoms with van der Waals surface area (Å²) in [6.07, 6.45) is 1.00. The highest BCUT2D eigenvalue weighted by atomic mass is 32.2.